The lowest BCUT2D eigenvalue weighted by Gasteiger charge is -2.04. The fourth-order valence-electron chi connectivity index (χ4n) is 2.41. The minimum Gasteiger partial charge on any atom is -0.396 e. The number of aliphatic hydroxyl groups is 1. The Morgan fingerprint density at radius 1 is 1.42 bits per heavy atom. The van der Waals surface area contributed by atoms with Crippen LogP contribution in [0.1, 0.15) is 25.7 Å². The van der Waals surface area contributed by atoms with Crippen molar-refractivity contribution >= 4 is 5.78 Å². The van der Waals surface area contributed by atoms with E-state index in [0.717, 1.165) is 25.7 Å². The van der Waals surface area contributed by atoms with Gasteiger partial charge in [-0.2, -0.15) is 0 Å². The van der Waals surface area contributed by atoms with Crippen molar-refractivity contribution in [2.75, 3.05) is 6.61 Å². The van der Waals surface area contributed by atoms with Gasteiger partial charge in [-0.1, -0.05) is 11.6 Å². The van der Waals surface area contributed by atoms with E-state index < -0.39 is 0 Å². The van der Waals surface area contributed by atoms with Gasteiger partial charge in [-0.25, -0.2) is 0 Å². The molecule has 0 aliphatic heterocycles. The molecule has 0 aromatic carbocycles. The third kappa shape index (κ3) is 1.31. The highest BCUT2D eigenvalue weighted by Gasteiger charge is 2.35. The molecule has 0 aromatic heterocycles. The lowest BCUT2D eigenvalue weighted by molar-refractivity contribution is -0.117. The van der Waals surface area contributed by atoms with Crippen LogP contribution in [-0.2, 0) is 4.79 Å². The van der Waals surface area contributed by atoms with Gasteiger partial charge in [-0.05, 0) is 24.7 Å². The van der Waals surface area contributed by atoms with Gasteiger partial charge in [0.15, 0.2) is 0 Å². The second-order valence-corrected chi connectivity index (χ2v) is 3.87. The van der Waals surface area contributed by atoms with Gasteiger partial charge < -0.3 is 5.11 Å². The minimum atomic E-state index is 0.249. The van der Waals surface area contributed by atoms with Crippen LogP contribution in [-0.4, -0.2) is 17.5 Å². The molecule has 0 radical (unpaired) electrons. The number of carbonyl (C=O) groups is 1. The number of hydrogen-bond acceptors (Lipinski definition) is 2. The van der Waals surface area contributed by atoms with Crippen molar-refractivity contribution < 1.29 is 9.90 Å². The summed E-state index contributed by atoms with van der Waals surface area (Å²) in [6, 6.07) is 0. The van der Waals surface area contributed by atoms with Crippen LogP contribution in [0.5, 0.6) is 0 Å². The summed E-state index contributed by atoms with van der Waals surface area (Å²) >= 11 is 0. The van der Waals surface area contributed by atoms with Crippen molar-refractivity contribution in [1.82, 2.24) is 0 Å². The summed E-state index contributed by atoms with van der Waals surface area (Å²) in [4.78, 5) is 11.0. The van der Waals surface area contributed by atoms with Crippen LogP contribution >= 0.6 is 0 Å². The average molecular weight is 166 g/mol. The normalized spacial score (nSPS) is 33.8. The summed E-state index contributed by atoms with van der Waals surface area (Å²) in [7, 11) is 0. The van der Waals surface area contributed by atoms with Crippen molar-refractivity contribution in [3.8, 4) is 0 Å². The van der Waals surface area contributed by atoms with Crippen LogP contribution in [0.3, 0.4) is 0 Å². The Morgan fingerprint density at radius 3 is 2.92 bits per heavy atom. The Hall–Kier alpha value is -0.630. The highest BCUT2D eigenvalue weighted by molar-refractivity contribution is 5.82. The van der Waals surface area contributed by atoms with Crippen LogP contribution < -0.4 is 0 Å². The standard InChI is InChI=1S/C10H14O2/c11-2-1-7-3-8-5-10(12)6-9(8)4-7/h3,8-9,11H,1-2,4-6H2/t8-,9+/m0/s1. The van der Waals surface area contributed by atoms with Crippen molar-refractivity contribution in [3.63, 3.8) is 0 Å². The molecule has 2 aliphatic rings. The van der Waals surface area contributed by atoms with Gasteiger partial charge in [0, 0.05) is 19.4 Å². The highest BCUT2D eigenvalue weighted by Crippen LogP contribution is 2.41. The molecule has 0 bridgehead atoms. The zero-order valence-electron chi connectivity index (χ0n) is 7.12. The molecular weight excluding hydrogens is 152 g/mol. The SMILES string of the molecule is O=C1C[C@H]2CC(CCO)=C[C@H]2C1. The Bertz CT molecular complexity index is 230. The Balaban J connectivity index is 2.00. The van der Waals surface area contributed by atoms with E-state index >= 15 is 0 Å². The molecule has 12 heavy (non-hydrogen) atoms. The van der Waals surface area contributed by atoms with Gasteiger partial charge in [-0.15, -0.1) is 0 Å². The number of rotatable bonds is 2. The molecule has 1 fully saturated rings. The molecule has 66 valence electrons. The van der Waals surface area contributed by atoms with E-state index in [1.807, 2.05) is 0 Å². The van der Waals surface area contributed by atoms with E-state index in [-0.39, 0.29) is 6.61 Å². The van der Waals surface area contributed by atoms with Gasteiger partial charge in [-0.3, -0.25) is 4.79 Å². The quantitative estimate of drug-likeness (QED) is 0.628. The van der Waals surface area contributed by atoms with Crippen molar-refractivity contribution in [2.45, 2.75) is 25.7 Å². The van der Waals surface area contributed by atoms with Gasteiger partial charge in [0.05, 0.1) is 0 Å². The van der Waals surface area contributed by atoms with Gasteiger partial charge in [0.2, 0.25) is 0 Å². The molecule has 0 aromatic rings. The van der Waals surface area contributed by atoms with E-state index in [0.29, 0.717) is 17.6 Å². The third-order valence-corrected chi connectivity index (χ3v) is 2.97. The molecule has 2 heteroatoms. The molecule has 2 rings (SSSR count). The van der Waals surface area contributed by atoms with Crippen LogP contribution in [0.2, 0.25) is 0 Å². The summed E-state index contributed by atoms with van der Waals surface area (Å²) in [5.74, 6) is 1.52. The van der Waals surface area contributed by atoms with Crippen molar-refractivity contribution in [1.29, 1.82) is 0 Å². The highest BCUT2D eigenvalue weighted by atomic mass is 16.3. The predicted molar refractivity (Wildman–Crippen MR) is 45.6 cm³/mol. The molecule has 2 aliphatic carbocycles. The molecule has 0 spiro atoms. The second kappa shape index (κ2) is 3.02. The Labute approximate surface area is 72.3 Å². The molecular formula is C10H14O2. The van der Waals surface area contributed by atoms with E-state index in [2.05, 4.69) is 6.08 Å². The Morgan fingerprint density at radius 2 is 2.25 bits per heavy atom. The first-order chi connectivity index (χ1) is 5.79. The monoisotopic (exact) mass is 166 g/mol. The van der Waals surface area contributed by atoms with E-state index in [9.17, 15) is 4.79 Å². The maximum absolute atomic E-state index is 11.0. The first-order valence-electron chi connectivity index (χ1n) is 4.61. The summed E-state index contributed by atoms with van der Waals surface area (Å²) < 4.78 is 0. The summed E-state index contributed by atoms with van der Waals surface area (Å²) in [6.07, 6.45) is 5.60. The zero-order valence-corrected chi connectivity index (χ0v) is 7.12. The molecule has 0 unspecified atom stereocenters. The van der Waals surface area contributed by atoms with Crippen molar-refractivity contribution in [2.24, 2.45) is 11.8 Å². The maximum atomic E-state index is 11.0. The summed E-state index contributed by atoms with van der Waals surface area (Å²) in [6.45, 7) is 0.249. The smallest absolute Gasteiger partial charge is 0.133 e. The van der Waals surface area contributed by atoms with Crippen LogP contribution in [0.25, 0.3) is 0 Å². The molecule has 2 atom stereocenters. The number of fused-ring (bicyclic) bond motifs is 1. The Kier molecular flexibility index (Phi) is 2.01. The number of carbonyl (C=O) groups excluding carboxylic acids is 1. The largest absolute Gasteiger partial charge is 0.396 e. The first-order valence-corrected chi connectivity index (χ1v) is 4.61. The fraction of sp³-hybridized carbons (Fsp3) is 0.700. The van der Waals surface area contributed by atoms with E-state index in [1.54, 1.807) is 0 Å². The number of hydrogen-bond donors (Lipinski definition) is 1. The molecule has 1 N–H and O–H groups in total. The van der Waals surface area contributed by atoms with Crippen LogP contribution in [0.4, 0.5) is 0 Å². The maximum Gasteiger partial charge on any atom is 0.133 e. The third-order valence-electron chi connectivity index (χ3n) is 2.97. The molecule has 0 heterocycles. The molecule has 2 nitrogen and oxygen atoms in total. The second-order valence-electron chi connectivity index (χ2n) is 3.87. The summed E-state index contributed by atoms with van der Waals surface area (Å²) in [5, 5.41) is 8.73. The van der Waals surface area contributed by atoms with Crippen molar-refractivity contribution in [3.05, 3.63) is 11.6 Å². The lowest BCUT2D eigenvalue weighted by Crippen LogP contribution is -1.97. The molecule has 1 saturated carbocycles. The lowest BCUT2D eigenvalue weighted by atomic mass is 9.99. The fourth-order valence-corrected chi connectivity index (χ4v) is 2.41. The van der Waals surface area contributed by atoms with E-state index in [4.69, 9.17) is 5.11 Å². The number of Topliss-reactive ketones (excluding diaryl/α,β-unsaturated/α-hetero) is 1. The van der Waals surface area contributed by atoms with Crippen LogP contribution in [0, 0.1) is 11.8 Å². The zero-order chi connectivity index (χ0) is 8.55. The topological polar surface area (TPSA) is 37.3 Å². The first kappa shape index (κ1) is 7.99. The number of aliphatic hydroxyl groups excluding tert-OH is 1. The average Bonchev–Trinajstić information content (AvgIpc) is 2.44. The predicted octanol–water partition coefficient (Wildman–Crippen LogP) is 1.29. The van der Waals surface area contributed by atoms with Gasteiger partial charge in [0.1, 0.15) is 5.78 Å². The van der Waals surface area contributed by atoms with E-state index in [1.165, 1.54) is 5.57 Å². The number of ketones is 1. The van der Waals surface area contributed by atoms with Crippen LogP contribution in [0.15, 0.2) is 11.6 Å². The molecule has 0 amide bonds. The molecule has 0 saturated heterocycles. The van der Waals surface area contributed by atoms with Gasteiger partial charge in [0.25, 0.3) is 0 Å². The minimum absolute atomic E-state index is 0.249. The van der Waals surface area contributed by atoms with Gasteiger partial charge >= 0.3 is 0 Å². The summed E-state index contributed by atoms with van der Waals surface area (Å²) in [5.41, 5.74) is 1.36. The number of allylic oxidation sites excluding steroid dienone is 1.